The van der Waals surface area contributed by atoms with E-state index >= 15 is 0 Å². The molecule has 1 aliphatic rings. The van der Waals surface area contributed by atoms with E-state index in [1.54, 1.807) is 0 Å². The van der Waals surface area contributed by atoms with Gasteiger partial charge in [0.25, 0.3) is 0 Å². The molecule has 0 spiro atoms. The van der Waals surface area contributed by atoms with Crippen LogP contribution >= 0.6 is 11.3 Å². The van der Waals surface area contributed by atoms with E-state index in [-0.39, 0.29) is 10.8 Å². The van der Waals surface area contributed by atoms with Gasteiger partial charge in [-0.1, -0.05) is 126 Å². The van der Waals surface area contributed by atoms with E-state index in [9.17, 15) is 0 Å². The second-order valence-electron chi connectivity index (χ2n) is 21.3. The van der Waals surface area contributed by atoms with Gasteiger partial charge in [0, 0.05) is 88.4 Å². The lowest BCUT2D eigenvalue weighted by Crippen LogP contribution is -2.35. The van der Waals surface area contributed by atoms with Gasteiger partial charge in [0.05, 0.1) is 16.9 Å². The highest BCUT2D eigenvalue weighted by Gasteiger charge is 2.31. The number of rotatable bonds is 6. The molecule has 5 heterocycles. The van der Waals surface area contributed by atoms with E-state index in [2.05, 4.69) is 246 Å². The van der Waals surface area contributed by atoms with Crippen molar-refractivity contribution in [2.75, 3.05) is 10.2 Å². The van der Waals surface area contributed by atoms with Crippen molar-refractivity contribution in [2.45, 2.75) is 52.4 Å². The number of fused-ring (bicyclic) bond motifs is 13. The van der Waals surface area contributed by atoms with Gasteiger partial charge in [-0.25, -0.2) is 0 Å². The zero-order chi connectivity index (χ0) is 47.9. The van der Waals surface area contributed by atoms with Crippen LogP contribution in [0.1, 0.15) is 52.7 Å². The van der Waals surface area contributed by atoms with E-state index in [0.29, 0.717) is 0 Å². The van der Waals surface area contributed by atoms with Crippen molar-refractivity contribution in [3.8, 4) is 16.8 Å². The smallest absolute Gasteiger partial charge is 0.211 e. The largest absolute Gasteiger partial charge is 0.456 e. The first-order chi connectivity index (χ1) is 34.4. The Morgan fingerprint density at radius 1 is 0.479 bits per heavy atom. The maximum Gasteiger partial charge on any atom is 0.211 e. The Morgan fingerprint density at radius 3 is 1.86 bits per heavy atom. The Bertz CT molecular complexity index is 4260. The standard InChI is InChI=1S/C64H49BN3O2S/c1-63(2,3)37-21-24-39(25-22-37)66-52-35-56-50(48-32-42(26-29-55(48)70-56)67(40-15-9-7-10-16-40)41-17-11-8-12-18-41)33-46(52)44-27-28-45-47-34-49-43-19-13-14-20-54(43)69-57(49)36-53(47)68-60(45)59(44)65-62-61(68)51-31-38(64(4,5)6)23-30-58(51)71-62/h7-36,66H,1-6H3. The molecule has 5 nitrogen and oxygen atoms in total. The Labute approximate surface area is 416 Å². The van der Waals surface area contributed by atoms with Crippen molar-refractivity contribution in [3.05, 3.63) is 193 Å². The molecule has 0 amide bonds. The predicted molar refractivity (Wildman–Crippen MR) is 303 cm³/mol. The minimum atomic E-state index is -0.00447. The Morgan fingerprint density at radius 2 is 1.13 bits per heavy atom. The van der Waals surface area contributed by atoms with Gasteiger partial charge < -0.3 is 23.6 Å². The average Bonchev–Trinajstić information content (AvgIpc) is 4.12. The van der Waals surface area contributed by atoms with Crippen LogP contribution in [0, 0.1) is 0 Å². The van der Waals surface area contributed by atoms with E-state index < -0.39 is 0 Å². The maximum absolute atomic E-state index is 6.83. The molecule has 1 aliphatic heterocycles. The highest BCUT2D eigenvalue weighted by atomic mass is 32.1. The fourth-order valence-corrected chi connectivity index (χ4v) is 12.2. The molecule has 341 valence electrons. The molecule has 0 fully saturated rings. The first kappa shape index (κ1) is 41.9. The monoisotopic (exact) mass is 934 g/mol. The fourth-order valence-electron chi connectivity index (χ4n) is 11.1. The minimum absolute atomic E-state index is 0.00447. The second-order valence-corrected chi connectivity index (χ2v) is 22.4. The Hall–Kier alpha value is -8.00. The number of aromatic nitrogens is 1. The molecule has 0 bridgehead atoms. The summed E-state index contributed by atoms with van der Waals surface area (Å²) in [6.07, 6.45) is 0. The summed E-state index contributed by atoms with van der Waals surface area (Å²) in [4.78, 5) is 2.31. The average molecular weight is 935 g/mol. The van der Waals surface area contributed by atoms with Crippen LogP contribution in [-0.2, 0) is 10.8 Å². The Balaban J connectivity index is 1.04. The van der Waals surface area contributed by atoms with Crippen LogP contribution in [0.5, 0.6) is 0 Å². The summed E-state index contributed by atoms with van der Waals surface area (Å²) in [5, 5.41) is 12.0. The molecule has 0 saturated carbocycles. The number of furan rings is 2. The molecule has 4 aromatic heterocycles. The second kappa shape index (κ2) is 15.3. The van der Waals surface area contributed by atoms with Gasteiger partial charge in [-0.15, -0.1) is 11.3 Å². The van der Waals surface area contributed by atoms with Crippen LogP contribution in [0.4, 0.5) is 28.4 Å². The maximum atomic E-state index is 6.83. The fraction of sp³-hybridized carbons (Fsp3) is 0.125. The van der Waals surface area contributed by atoms with E-state index in [1.165, 1.54) is 53.4 Å². The molecule has 1 radical (unpaired) electrons. The van der Waals surface area contributed by atoms with Crippen molar-refractivity contribution in [2.24, 2.45) is 0 Å². The summed E-state index contributed by atoms with van der Waals surface area (Å²) in [6, 6.07) is 66.0. The number of para-hydroxylation sites is 3. The van der Waals surface area contributed by atoms with Gasteiger partial charge in [0.1, 0.15) is 22.3 Å². The van der Waals surface area contributed by atoms with Crippen molar-refractivity contribution in [3.63, 3.8) is 0 Å². The Kier molecular flexibility index (Phi) is 9.01. The summed E-state index contributed by atoms with van der Waals surface area (Å²) in [5.41, 5.74) is 18.3. The molecule has 7 heteroatoms. The van der Waals surface area contributed by atoms with Crippen LogP contribution in [-0.4, -0.2) is 11.8 Å². The third kappa shape index (κ3) is 6.59. The lowest BCUT2D eigenvalue weighted by molar-refractivity contribution is 0.590. The summed E-state index contributed by atoms with van der Waals surface area (Å²) < 4.78 is 18.5. The van der Waals surface area contributed by atoms with E-state index in [1.807, 2.05) is 11.3 Å². The molecule has 14 rings (SSSR count). The van der Waals surface area contributed by atoms with Gasteiger partial charge in [0.2, 0.25) is 7.28 Å². The topological polar surface area (TPSA) is 46.5 Å². The zero-order valence-corrected chi connectivity index (χ0v) is 41.3. The SMILES string of the molecule is CC(C)(C)c1ccc(Nc2cc3oc4ccc(N(c5ccccc5)c5ccccc5)cc4c3cc2-c2ccc3c4cc5c(cc4n4c3c2[B]c2sc3ccc(C(C)(C)C)cc3c2-4)oc2ccccc25)cc1. The number of hydrogen-bond donors (Lipinski definition) is 1. The normalized spacial score (nSPS) is 12.8. The molecule has 71 heavy (non-hydrogen) atoms. The van der Waals surface area contributed by atoms with Gasteiger partial charge in [-0.05, 0) is 123 Å². The molecule has 0 atom stereocenters. The summed E-state index contributed by atoms with van der Waals surface area (Å²) in [5.74, 6) is 0. The van der Waals surface area contributed by atoms with Crippen LogP contribution in [0.25, 0.3) is 92.6 Å². The van der Waals surface area contributed by atoms with Crippen LogP contribution < -0.4 is 20.5 Å². The highest BCUT2D eigenvalue weighted by Crippen LogP contribution is 2.46. The van der Waals surface area contributed by atoms with Gasteiger partial charge >= 0.3 is 0 Å². The zero-order valence-electron chi connectivity index (χ0n) is 40.5. The lowest BCUT2D eigenvalue weighted by Gasteiger charge is -2.25. The molecule has 13 aromatic rings. The lowest BCUT2D eigenvalue weighted by atomic mass is 9.63. The third-order valence-corrected chi connectivity index (χ3v) is 15.8. The van der Waals surface area contributed by atoms with Crippen molar-refractivity contribution < 1.29 is 8.83 Å². The van der Waals surface area contributed by atoms with Crippen molar-refractivity contribution >= 4 is 133 Å². The summed E-state index contributed by atoms with van der Waals surface area (Å²) in [7, 11) is 2.46. The first-order valence-electron chi connectivity index (χ1n) is 24.6. The molecule has 1 N–H and O–H groups in total. The number of thiophene rings is 1. The summed E-state index contributed by atoms with van der Waals surface area (Å²) >= 11 is 1.87. The number of hydrogen-bond acceptors (Lipinski definition) is 5. The molecule has 0 saturated heterocycles. The van der Waals surface area contributed by atoms with E-state index in [0.717, 1.165) is 89.0 Å². The first-order valence-corrected chi connectivity index (χ1v) is 25.4. The molecule has 0 aliphatic carbocycles. The number of benzene rings is 9. The van der Waals surface area contributed by atoms with Gasteiger partial charge in [-0.3, -0.25) is 0 Å². The number of nitrogens with one attached hydrogen (secondary N) is 1. The molecular weight excluding hydrogens is 886 g/mol. The predicted octanol–water partition coefficient (Wildman–Crippen LogP) is 17.2. The molecular formula is C64H49BN3O2S. The number of nitrogens with zero attached hydrogens (tertiary/aromatic N) is 2. The quantitative estimate of drug-likeness (QED) is 0.169. The van der Waals surface area contributed by atoms with Crippen LogP contribution in [0.15, 0.2) is 191 Å². The molecule has 0 unspecified atom stereocenters. The van der Waals surface area contributed by atoms with Crippen LogP contribution in [0.2, 0.25) is 0 Å². The highest BCUT2D eigenvalue weighted by molar-refractivity contribution is 7.29. The molecule has 9 aromatic carbocycles. The van der Waals surface area contributed by atoms with Crippen LogP contribution in [0.3, 0.4) is 0 Å². The van der Waals surface area contributed by atoms with Gasteiger partial charge in [-0.2, -0.15) is 0 Å². The minimum Gasteiger partial charge on any atom is -0.456 e. The van der Waals surface area contributed by atoms with Crippen molar-refractivity contribution in [1.82, 2.24) is 4.57 Å². The van der Waals surface area contributed by atoms with Gasteiger partial charge in [0.15, 0.2) is 0 Å². The van der Waals surface area contributed by atoms with Crippen molar-refractivity contribution in [1.29, 1.82) is 0 Å². The third-order valence-electron chi connectivity index (χ3n) is 14.7. The number of anilines is 5. The summed E-state index contributed by atoms with van der Waals surface area (Å²) in [6.45, 7) is 13.7. The van der Waals surface area contributed by atoms with E-state index in [4.69, 9.17) is 8.83 Å².